The summed E-state index contributed by atoms with van der Waals surface area (Å²) in [6, 6.07) is 8.70. The van der Waals surface area contributed by atoms with Crippen molar-refractivity contribution in [2.45, 2.75) is 13.0 Å². The van der Waals surface area contributed by atoms with Crippen molar-refractivity contribution in [1.29, 1.82) is 0 Å². The molecule has 0 saturated heterocycles. The number of carbonyl (C=O) groups excluding carboxylic acids is 1. The molecular formula is C16H16N4O2. The summed E-state index contributed by atoms with van der Waals surface area (Å²) >= 11 is 0. The van der Waals surface area contributed by atoms with Crippen LogP contribution in [0.15, 0.2) is 42.7 Å². The van der Waals surface area contributed by atoms with Gasteiger partial charge in [-0.25, -0.2) is 9.78 Å². The van der Waals surface area contributed by atoms with Gasteiger partial charge in [0, 0.05) is 18.0 Å². The fourth-order valence-electron chi connectivity index (χ4n) is 2.51. The molecule has 0 amide bonds. The first-order chi connectivity index (χ1) is 10.6. The molecule has 1 aromatic carbocycles. The van der Waals surface area contributed by atoms with Crippen molar-refractivity contribution in [3.63, 3.8) is 0 Å². The van der Waals surface area contributed by atoms with Crippen LogP contribution in [0.3, 0.4) is 0 Å². The number of para-hydroxylation sites is 1. The summed E-state index contributed by atoms with van der Waals surface area (Å²) in [5.41, 5.74) is 8.92. The van der Waals surface area contributed by atoms with Gasteiger partial charge < -0.3 is 15.0 Å². The van der Waals surface area contributed by atoms with Crippen LogP contribution >= 0.6 is 0 Å². The molecule has 2 N–H and O–H groups in total. The zero-order valence-corrected chi connectivity index (χ0v) is 12.4. The predicted molar refractivity (Wildman–Crippen MR) is 84.1 cm³/mol. The third kappa shape index (κ3) is 2.18. The smallest absolute Gasteiger partial charge is 0.328 e. The molecule has 6 nitrogen and oxygen atoms in total. The normalized spacial score (nSPS) is 12.3. The number of nitrogens with two attached hydrogens (primary N) is 1. The van der Waals surface area contributed by atoms with Gasteiger partial charge in [0.15, 0.2) is 0 Å². The average molecular weight is 296 g/mol. The van der Waals surface area contributed by atoms with Crippen molar-refractivity contribution in [2.24, 2.45) is 0 Å². The van der Waals surface area contributed by atoms with Crippen LogP contribution in [0.4, 0.5) is 5.69 Å². The number of ether oxygens (including phenoxy) is 1. The van der Waals surface area contributed by atoms with Crippen LogP contribution in [0.1, 0.15) is 13.0 Å². The Labute approximate surface area is 127 Å². The lowest BCUT2D eigenvalue weighted by Crippen LogP contribution is -2.18. The van der Waals surface area contributed by atoms with E-state index in [2.05, 4.69) is 9.97 Å². The number of pyridine rings is 1. The van der Waals surface area contributed by atoms with E-state index in [-0.39, 0.29) is 5.97 Å². The third-order valence-electron chi connectivity index (χ3n) is 3.62. The molecule has 0 spiro atoms. The fourth-order valence-corrected chi connectivity index (χ4v) is 2.51. The summed E-state index contributed by atoms with van der Waals surface area (Å²) in [5.74, 6) is 0.324. The molecule has 0 bridgehead atoms. The summed E-state index contributed by atoms with van der Waals surface area (Å²) in [5, 5.41) is 0. The van der Waals surface area contributed by atoms with Crippen molar-refractivity contribution in [2.75, 3.05) is 12.8 Å². The lowest BCUT2D eigenvalue weighted by molar-refractivity contribution is -0.143. The molecule has 2 aromatic heterocycles. The minimum Gasteiger partial charge on any atom is -0.467 e. The van der Waals surface area contributed by atoms with Gasteiger partial charge in [-0.2, -0.15) is 0 Å². The molecule has 1 atom stereocenters. The van der Waals surface area contributed by atoms with E-state index in [0.717, 1.165) is 11.1 Å². The largest absolute Gasteiger partial charge is 0.467 e. The van der Waals surface area contributed by atoms with Gasteiger partial charge in [0.25, 0.3) is 0 Å². The second kappa shape index (κ2) is 5.48. The van der Waals surface area contributed by atoms with E-state index in [0.29, 0.717) is 17.0 Å². The maximum Gasteiger partial charge on any atom is 0.328 e. The van der Waals surface area contributed by atoms with Gasteiger partial charge in [-0.05, 0) is 31.2 Å². The molecule has 0 aliphatic rings. The molecule has 2 heterocycles. The van der Waals surface area contributed by atoms with Crippen molar-refractivity contribution in [3.8, 4) is 11.4 Å². The van der Waals surface area contributed by atoms with Crippen LogP contribution in [-0.2, 0) is 9.53 Å². The number of carbonyl (C=O) groups is 1. The molecule has 0 saturated carbocycles. The monoisotopic (exact) mass is 296 g/mol. The van der Waals surface area contributed by atoms with Gasteiger partial charge in [-0.1, -0.05) is 6.07 Å². The van der Waals surface area contributed by atoms with Crippen LogP contribution in [0.5, 0.6) is 0 Å². The highest BCUT2D eigenvalue weighted by Gasteiger charge is 2.23. The van der Waals surface area contributed by atoms with Crippen LogP contribution < -0.4 is 5.73 Å². The predicted octanol–water partition coefficient (Wildman–Crippen LogP) is 2.41. The van der Waals surface area contributed by atoms with Crippen LogP contribution in [-0.4, -0.2) is 27.6 Å². The summed E-state index contributed by atoms with van der Waals surface area (Å²) in [6.07, 6.45) is 3.37. The molecule has 22 heavy (non-hydrogen) atoms. The first-order valence-corrected chi connectivity index (χ1v) is 6.88. The number of rotatable bonds is 3. The molecule has 0 aliphatic carbocycles. The minimum absolute atomic E-state index is 0.336. The molecule has 112 valence electrons. The van der Waals surface area contributed by atoms with Crippen LogP contribution in [0, 0.1) is 0 Å². The highest BCUT2D eigenvalue weighted by Crippen LogP contribution is 2.31. The maximum absolute atomic E-state index is 12.0. The first kappa shape index (κ1) is 14.1. The van der Waals surface area contributed by atoms with Gasteiger partial charge in [-0.15, -0.1) is 0 Å². The van der Waals surface area contributed by atoms with Crippen molar-refractivity contribution < 1.29 is 9.53 Å². The number of fused-ring (bicyclic) bond motifs is 1. The summed E-state index contributed by atoms with van der Waals surface area (Å²) < 4.78 is 6.71. The van der Waals surface area contributed by atoms with Gasteiger partial charge >= 0.3 is 5.97 Å². The van der Waals surface area contributed by atoms with Gasteiger partial charge in [0.2, 0.25) is 0 Å². The Morgan fingerprint density at radius 1 is 1.27 bits per heavy atom. The summed E-state index contributed by atoms with van der Waals surface area (Å²) in [6.45, 7) is 1.78. The lowest BCUT2D eigenvalue weighted by Gasteiger charge is -2.15. The first-order valence-electron chi connectivity index (χ1n) is 6.88. The van der Waals surface area contributed by atoms with Crippen molar-refractivity contribution in [1.82, 2.24) is 14.5 Å². The van der Waals surface area contributed by atoms with Gasteiger partial charge in [-0.3, -0.25) is 4.98 Å². The lowest BCUT2D eigenvalue weighted by atomic mass is 10.2. The fraction of sp³-hybridized carbons (Fsp3) is 0.188. The Morgan fingerprint density at radius 2 is 2.00 bits per heavy atom. The molecule has 3 aromatic rings. The summed E-state index contributed by atoms with van der Waals surface area (Å²) in [7, 11) is 1.37. The average Bonchev–Trinajstić information content (AvgIpc) is 2.95. The number of methoxy groups -OCH3 is 1. The SMILES string of the molecule is COC(=O)C(C)n1c(-c2ccncc2)nc2c(N)cccc21. The number of hydrogen-bond donors (Lipinski definition) is 1. The van der Waals surface area contributed by atoms with Crippen molar-refractivity contribution in [3.05, 3.63) is 42.7 Å². The highest BCUT2D eigenvalue weighted by molar-refractivity contribution is 5.91. The Balaban J connectivity index is 2.31. The van der Waals surface area contributed by atoms with E-state index in [1.54, 1.807) is 25.4 Å². The number of hydrogen-bond acceptors (Lipinski definition) is 5. The van der Waals surface area contributed by atoms with Crippen LogP contribution in [0.25, 0.3) is 22.4 Å². The van der Waals surface area contributed by atoms with E-state index in [4.69, 9.17) is 10.5 Å². The number of nitrogens with zero attached hydrogens (tertiary/aromatic N) is 3. The third-order valence-corrected chi connectivity index (χ3v) is 3.62. The molecule has 0 radical (unpaired) electrons. The van der Waals surface area contributed by atoms with E-state index in [1.165, 1.54) is 7.11 Å². The number of imidazole rings is 1. The highest BCUT2D eigenvalue weighted by atomic mass is 16.5. The molecule has 1 unspecified atom stereocenters. The molecule has 0 aliphatic heterocycles. The van der Waals surface area contributed by atoms with Gasteiger partial charge in [0.1, 0.15) is 17.4 Å². The van der Waals surface area contributed by atoms with Gasteiger partial charge in [0.05, 0.1) is 18.3 Å². The molecule has 3 rings (SSSR count). The topological polar surface area (TPSA) is 83.0 Å². The Kier molecular flexibility index (Phi) is 3.50. The Bertz CT molecular complexity index is 827. The number of nitrogen functional groups attached to an aromatic ring is 1. The zero-order chi connectivity index (χ0) is 15.7. The van der Waals surface area contributed by atoms with Crippen LogP contribution in [0.2, 0.25) is 0 Å². The molecule has 6 heteroatoms. The maximum atomic E-state index is 12.0. The van der Waals surface area contributed by atoms with E-state index >= 15 is 0 Å². The molecule has 0 fully saturated rings. The van der Waals surface area contributed by atoms with E-state index in [1.807, 2.05) is 28.8 Å². The second-order valence-electron chi connectivity index (χ2n) is 4.96. The standard InChI is InChI=1S/C16H16N4O2/c1-10(16(21)22-2)20-13-5-3-4-12(17)14(13)19-15(20)11-6-8-18-9-7-11/h3-10H,17H2,1-2H3. The minimum atomic E-state index is -0.514. The quantitative estimate of drug-likeness (QED) is 0.593. The zero-order valence-electron chi connectivity index (χ0n) is 12.4. The Hall–Kier alpha value is -2.89. The van der Waals surface area contributed by atoms with E-state index in [9.17, 15) is 4.79 Å². The van der Waals surface area contributed by atoms with Crippen molar-refractivity contribution >= 4 is 22.7 Å². The number of benzene rings is 1. The number of aromatic nitrogens is 3. The number of esters is 1. The van der Waals surface area contributed by atoms with E-state index < -0.39 is 6.04 Å². The Morgan fingerprint density at radius 3 is 2.68 bits per heavy atom. The number of anilines is 1. The molecular weight excluding hydrogens is 280 g/mol. The summed E-state index contributed by atoms with van der Waals surface area (Å²) in [4.78, 5) is 20.6. The second-order valence-corrected chi connectivity index (χ2v) is 4.96.